The normalized spacial score (nSPS) is 11.9. The SMILES string of the molecule is COC(=O)CC[C@@H](NC(=O)OC(C)(C)C)C(=O)Nc1ccccc1Cc1ccccc1. The zero-order chi connectivity index (χ0) is 22.9. The van der Waals surface area contributed by atoms with Crippen molar-refractivity contribution in [2.24, 2.45) is 0 Å². The smallest absolute Gasteiger partial charge is 0.408 e. The molecule has 0 aliphatic carbocycles. The number of hydrogen-bond acceptors (Lipinski definition) is 5. The second-order valence-electron chi connectivity index (χ2n) is 8.12. The predicted molar refractivity (Wildman–Crippen MR) is 119 cm³/mol. The Bertz CT molecular complexity index is 890. The lowest BCUT2D eigenvalue weighted by molar-refractivity contribution is -0.140. The number of methoxy groups -OCH3 is 1. The van der Waals surface area contributed by atoms with Gasteiger partial charge in [0, 0.05) is 12.1 Å². The summed E-state index contributed by atoms with van der Waals surface area (Å²) in [7, 11) is 1.28. The molecule has 0 aliphatic heterocycles. The van der Waals surface area contributed by atoms with Gasteiger partial charge in [-0.1, -0.05) is 48.5 Å². The van der Waals surface area contributed by atoms with E-state index in [-0.39, 0.29) is 12.8 Å². The number of anilines is 1. The predicted octanol–water partition coefficient (Wildman–Crippen LogP) is 4.06. The van der Waals surface area contributed by atoms with Gasteiger partial charge in [0.05, 0.1) is 7.11 Å². The molecule has 0 spiro atoms. The minimum Gasteiger partial charge on any atom is -0.469 e. The molecule has 0 radical (unpaired) electrons. The van der Waals surface area contributed by atoms with Crippen molar-refractivity contribution >= 4 is 23.7 Å². The number of amides is 2. The molecule has 0 aromatic heterocycles. The van der Waals surface area contributed by atoms with Crippen molar-refractivity contribution in [1.29, 1.82) is 0 Å². The fraction of sp³-hybridized carbons (Fsp3) is 0.375. The van der Waals surface area contributed by atoms with Gasteiger partial charge in [-0.3, -0.25) is 9.59 Å². The van der Waals surface area contributed by atoms with Crippen molar-refractivity contribution in [3.8, 4) is 0 Å². The Morgan fingerprint density at radius 3 is 2.26 bits per heavy atom. The van der Waals surface area contributed by atoms with Gasteiger partial charge in [0.2, 0.25) is 5.91 Å². The zero-order valence-electron chi connectivity index (χ0n) is 18.4. The van der Waals surface area contributed by atoms with Gasteiger partial charge in [0.25, 0.3) is 0 Å². The van der Waals surface area contributed by atoms with Crippen molar-refractivity contribution in [1.82, 2.24) is 5.32 Å². The Hall–Kier alpha value is -3.35. The van der Waals surface area contributed by atoms with Gasteiger partial charge in [-0.25, -0.2) is 4.79 Å². The van der Waals surface area contributed by atoms with Crippen molar-refractivity contribution < 1.29 is 23.9 Å². The number of para-hydroxylation sites is 1. The van der Waals surface area contributed by atoms with Crippen LogP contribution >= 0.6 is 0 Å². The van der Waals surface area contributed by atoms with E-state index in [1.54, 1.807) is 26.8 Å². The van der Waals surface area contributed by atoms with Crippen molar-refractivity contribution in [3.05, 3.63) is 65.7 Å². The average Bonchev–Trinajstić information content (AvgIpc) is 2.71. The van der Waals surface area contributed by atoms with Crippen LogP contribution in [0.25, 0.3) is 0 Å². The van der Waals surface area contributed by atoms with Gasteiger partial charge in [0.15, 0.2) is 0 Å². The van der Waals surface area contributed by atoms with E-state index < -0.39 is 29.6 Å². The van der Waals surface area contributed by atoms with Crippen LogP contribution in [0.3, 0.4) is 0 Å². The first-order chi connectivity index (χ1) is 14.7. The lowest BCUT2D eigenvalue weighted by atomic mass is 10.0. The quantitative estimate of drug-likeness (QED) is 0.621. The number of nitrogens with one attached hydrogen (secondary N) is 2. The summed E-state index contributed by atoms with van der Waals surface area (Å²) < 4.78 is 9.91. The summed E-state index contributed by atoms with van der Waals surface area (Å²) in [6.45, 7) is 5.20. The van der Waals surface area contributed by atoms with Gasteiger partial charge >= 0.3 is 12.1 Å². The highest BCUT2D eigenvalue weighted by atomic mass is 16.6. The molecule has 0 unspecified atom stereocenters. The van der Waals surface area contributed by atoms with Gasteiger partial charge < -0.3 is 20.1 Å². The van der Waals surface area contributed by atoms with Gasteiger partial charge in [-0.15, -0.1) is 0 Å². The van der Waals surface area contributed by atoms with Gasteiger partial charge in [-0.2, -0.15) is 0 Å². The van der Waals surface area contributed by atoms with E-state index in [1.165, 1.54) is 7.11 Å². The van der Waals surface area contributed by atoms with Crippen LogP contribution in [0.5, 0.6) is 0 Å². The van der Waals surface area contributed by atoms with Crippen LogP contribution < -0.4 is 10.6 Å². The molecule has 7 heteroatoms. The van der Waals surface area contributed by atoms with E-state index in [9.17, 15) is 14.4 Å². The number of esters is 1. The molecule has 0 saturated heterocycles. The Labute approximate surface area is 183 Å². The number of alkyl carbamates (subject to hydrolysis) is 1. The van der Waals surface area contributed by atoms with Crippen LogP contribution in [0.15, 0.2) is 54.6 Å². The molecule has 166 valence electrons. The molecule has 0 saturated carbocycles. The third-order valence-electron chi connectivity index (χ3n) is 4.38. The number of rotatable bonds is 8. The van der Waals surface area contributed by atoms with Crippen molar-refractivity contribution in [2.75, 3.05) is 12.4 Å². The van der Waals surface area contributed by atoms with Crippen LogP contribution in [0.4, 0.5) is 10.5 Å². The highest BCUT2D eigenvalue weighted by Gasteiger charge is 2.25. The fourth-order valence-electron chi connectivity index (χ4n) is 2.91. The summed E-state index contributed by atoms with van der Waals surface area (Å²) in [5, 5.41) is 5.44. The number of benzene rings is 2. The number of hydrogen-bond donors (Lipinski definition) is 2. The fourth-order valence-corrected chi connectivity index (χ4v) is 2.91. The molecule has 2 N–H and O–H groups in total. The first-order valence-electron chi connectivity index (χ1n) is 10.2. The average molecular weight is 427 g/mol. The van der Waals surface area contributed by atoms with Crippen LogP contribution in [0.2, 0.25) is 0 Å². The highest BCUT2D eigenvalue weighted by molar-refractivity contribution is 5.97. The van der Waals surface area contributed by atoms with Crippen molar-refractivity contribution in [3.63, 3.8) is 0 Å². The second kappa shape index (κ2) is 11.2. The minimum atomic E-state index is -0.960. The molecule has 0 aliphatic rings. The first kappa shape index (κ1) is 23.9. The molecule has 2 amide bonds. The minimum absolute atomic E-state index is 0.0178. The molecule has 7 nitrogen and oxygen atoms in total. The highest BCUT2D eigenvalue weighted by Crippen LogP contribution is 2.20. The Kier molecular flexibility index (Phi) is 8.61. The van der Waals surface area contributed by atoms with Crippen molar-refractivity contribution in [2.45, 2.75) is 51.7 Å². The monoisotopic (exact) mass is 426 g/mol. The van der Waals surface area contributed by atoms with Crippen LogP contribution in [0.1, 0.15) is 44.7 Å². The van der Waals surface area contributed by atoms with E-state index >= 15 is 0 Å². The molecule has 31 heavy (non-hydrogen) atoms. The summed E-state index contributed by atoms with van der Waals surface area (Å²) in [5.74, 6) is -0.899. The summed E-state index contributed by atoms with van der Waals surface area (Å²) >= 11 is 0. The number of carbonyl (C=O) groups is 3. The molecule has 2 rings (SSSR count). The van der Waals surface area contributed by atoms with Gasteiger partial charge in [-0.05, 0) is 50.8 Å². The summed E-state index contributed by atoms with van der Waals surface area (Å²) in [4.78, 5) is 36.8. The Balaban J connectivity index is 2.14. The molecule has 0 fully saturated rings. The van der Waals surface area contributed by atoms with Crippen LogP contribution in [0, 0.1) is 0 Å². The first-order valence-corrected chi connectivity index (χ1v) is 10.2. The topological polar surface area (TPSA) is 93.7 Å². The maximum atomic E-state index is 13.0. The lowest BCUT2D eigenvalue weighted by Gasteiger charge is -2.23. The van der Waals surface area contributed by atoms with E-state index in [0.29, 0.717) is 12.1 Å². The molecule has 0 bridgehead atoms. The number of ether oxygens (including phenoxy) is 2. The molecular weight excluding hydrogens is 396 g/mol. The molecule has 2 aromatic carbocycles. The van der Waals surface area contributed by atoms with E-state index in [2.05, 4.69) is 15.4 Å². The van der Waals surface area contributed by atoms with E-state index in [4.69, 9.17) is 4.74 Å². The summed E-state index contributed by atoms with van der Waals surface area (Å²) in [6.07, 6.45) is -0.0202. The van der Waals surface area contributed by atoms with E-state index in [0.717, 1.165) is 11.1 Å². The maximum absolute atomic E-state index is 13.0. The third-order valence-corrected chi connectivity index (χ3v) is 4.38. The Morgan fingerprint density at radius 1 is 0.968 bits per heavy atom. The zero-order valence-corrected chi connectivity index (χ0v) is 18.4. The third kappa shape index (κ3) is 8.50. The largest absolute Gasteiger partial charge is 0.469 e. The summed E-state index contributed by atoms with van der Waals surface area (Å²) in [6, 6.07) is 16.4. The molecule has 1 atom stereocenters. The van der Waals surface area contributed by atoms with Crippen LogP contribution in [-0.4, -0.2) is 36.7 Å². The number of carbonyl (C=O) groups excluding carboxylic acids is 3. The molecular formula is C24H30N2O5. The Morgan fingerprint density at radius 2 is 1.61 bits per heavy atom. The summed E-state index contributed by atoms with van der Waals surface area (Å²) in [5.41, 5.74) is 1.98. The van der Waals surface area contributed by atoms with E-state index in [1.807, 2.05) is 48.5 Å². The van der Waals surface area contributed by atoms with Crippen LogP contribution in [-0.2, 0) is 25.5 Å². The standard InChI is InChI=1S/C24H30N2O5/c1-24(2,3)31-23(29)26-20(14-15-21(27)30-4)22(28)25-19-13-9-8-12-18(19)16-17-10-6-5-7-11-17/h5-13,20H,14-16H2,1-4H3,(H,25,28)(H,26,29)/t20-/m1/s1. The molecule has 2 aromatic rings. The van der Waals surface area contributed by atoms with Gasteiger partial charge in [0.1, 0.15) is 11.6 Å². The maximum Gasteiger partial charge on any atom is 0.408 e. The second-order valence-corrected chi connectivity index (χ2v) is 8.12. The molecule has 0 heterocycles. The lowest BCUT2D eigenvalue weighted by Crippen LogP contribution is -2.46.